The van der Waals surface area contributed by atoms with Gasteiger partial charge in [0.2, 0.25) is 0 Å². The predicted octanol–water partition coefficient (Wildman–Crippen LogP) is 2.12. The zero-order valence-corrected chi connectivity index (χ0v) is 7.72. The molecular weight excluding hydrogens is 153 g/mol. The molecule has 70 valence electrons. The Bertz CT molecular complexity index is 160. The third-order valence-corrected chi connectivity index (χ3v) is 3.47. The molecule has 0 aromatic rings. The quantitative estimate of drug-likeness (QED) is 0.686. The summed E-state index contributed by atoms with van der Waals surface area (Å²) in [6.45, 7) is 1.71. The van der Waals surface area contributed by atoms with Crippen molar-refractivity contribution in [1.82, 2.24) is 5.32 Å². The van der Waals surface area contributed by atoms with Crippen molar-refractivity contribution in [2.24, 2.45) is 11.8 Å². The van der Waals surface area contributed by atoms with Gasteiger partial charge in [-0.25, -0.2) is 4.39 Å². The van der Waals surface area contributed by atoms with Crippen LogP contribution >= 0.6 is 0 Å². The Kier molecular flexibility index (Phi) is 2.35. The molecule has 4 unspecified atom stereocenters. The minimum Gasteiger partial charge on any atom is -0.309 e. The van der Waals surface area contributed by atoms with Gasteiger partial charge in [-0.15, -0.1) is 0 Å². The van der Waals surface area contributed by atoms with Crippen LogP contribution < -0.4 is 5.32 Å². The Morgan fingerprint density at radius 3 is 2.75 bits per heavy atom. The molecule has 2 bridgehead atoms. The van der Waals surface area contributed by atoms with Gasteiger partial charge in [0.05, 0.1) is 0 Å². The fourth-order valence-corrected chi connectivity index (χ4v) is 2.86. The van der Waals surface area contributed by atoms with Crippen molar-refractivity contribution in [3.63, 3.8) is 0 Å². The van der Waals surface area contributed by atoms with Gasteiger partial charge >= 0.3 is 0 Å². The lowest BCUT2D eigenvalue weighted by molar-refractivity contribution is 0.294. The van der Waals surface area contributed by atoms with Gasteiger partial charge in [0.25, 0.3) is 0 Å². The Labute approximate surface area is 73.7 Å². The SMILES string of the molecule is CC(CF)NC1CC2CCC1C2. The van der Waals surface area contributed by atoms with Crippen LogP contribution in [-0.2, 0) is 0 Å². The molecular formula is C10H18FN. The summed E-state index contributed by atoms with van der Waals surface area (Å²) in [7, 11) is 0. The number of halogens is 1. The molecule has 0 saturated heterocycles. The van der Waals surface area contributed by atoms with Gasteiger partial charge in [0.1, 0.15) is 6.67 Å². The Hall–Kier alpha value is -0.110. The predicted molar refractivity (Wildman–Crippen MR) is 47.8 cm³/mol. The highest BCUT2D eigenvalue weighted by Crippen LogP contribution is 2.44. The van der Waals surface area contributed by atoms with Crippen molar-refractivity contribution in [3.8, 4) is 0 Å². The number of rotatable bonds is 3. The third kappa shape index (κ3) is 1.49. The van der Waals surface area contributed by atoms with Crippen LogP contribution in [0, 0.1) is 11.8 Å². The summed E-state index contributed by atoms with van der Waals surface area (Å²) in [5.41, 5.74) is 0. The zero-order chi connectivity index (χ0) is 8.55. The lowest BCUT2D eigenvalue weighted by atomic mass is 9.95. The molecule has 2 rings (SSSR count). The molecule has 0 radical (unpaired) electrons. The van der Waals surface area contributed by atoms with Crippen LogP contribution in [0.25, 0.3) is 0 Å². The van der Waals surface area contributed by atoms with E-state index in [1.165, 1.54) is 25.7 Å². The summed E-state index contributed by atoms with van der Waals surface area (Å²) >= 11 is 0. The highest BCUT2D eigenvalue weighted by Gasteiger charge is 2.39. The minimum absolute atomic E-state index is 0.0642. The van der Waals surface area contributed by atoms with Crippen molar-refractivity contribution in [2.45, 2.75) is 44.7 Å². The first-order valence-electron chi connectivity index (χ1n) is 5.11. The maximum absolute atomic E-state index is 12.2. The molecule has 1 N–H and O–H groups in total. The van der Waals surface area contributed by atoms with Crippen LogP contribution in [0.2, 0.25) is 0 Å². The molecule has 4 atom stereocenters. The van der Waals surface area contributed by atoms with E-state index in [0.717, 1.165) is 11.8 Å². The largest absolute Gasteiger partial charge is 0.309 e. The molecule has 2 saturated carbocycles. The normalized spacial score (nSPS) is 42.0. The summed E-state index contributed by atoms with van der Waals surface area (Å²) in [5.74, 6) is 1.82. The van der Waals surface area contributed by atoms with E-state index >= 15 is 0 Å². The van der Waals surface area contributed by atoms with Gasteiger partial charge in [0.15, 0.2) is 0 Å². The Morgan fingerprint density at radius 2 is 2.25 bits per heavy atom. The van der Waals surface area contributed by atoms with Gasteiger partial charge in [-0.05, 0) is 38.0 Å². The van der Waals surface area contributed by atoms with E-state index < -0.39 is 0 Å². The summed E-state index contributed by atoms with van der Waals surface area (Å²) in [6, 6.07) is 0.698. The first-order valence-corrected chi connectivity index (χ1v) is 5.11. The molecule has 0 heterocycles. The van der Waals surface area contributed by atoms with Crippen molar-refractivity contribution in [2.75, 3.05) is 6.67 Å². The van der Waals surface area contributed by atoms with Crippen LogP contribution in [-0.4, -0.2) is 18.8 Å². The average Bonchev–Trinajstić information content (AvgIpc) is 2.64. The van der Waals surface area contributed by atoms with E-state index in [1.54, 1.807) is 0 Å². The first-order chi connectivity index (χ1) is 5.79. The smallest absolute Gasteiger partial charge is 0.104 e. The molecule has 0 aliphatic heterocycles. The number of fused-ring (bicyclic) bond motifs is 2. The Balaban J connectivity index is 1.82. The average molecular weight is 171 g/mol. The zero-order valence-electron chi connectivity index (χ0n) is 7.72. The van der Waals surface area contributed by atoms with E-state index in [-0.39, 0.29) is 12.7 Å². The van der Waals surface area contributed by atoms with Gasteiger partial charge in [-0.2, -0.15) is 0 Å². The highest BCUT2D eigenvalue weighted by atomic mass is 19.1. The molecule has 0 amide bonds. The molecule has 2 fully saturated rings. The number of hydrogen-bond donors (Lipinski definition) is 1. The lowest BCUT2D eigenvalue weighted by Crippen LogP contribution is -2.40. The molecule has 2 heteroatoms. The monoisotopic (exact) mass is 171 g/mol. The molecule has 12 heavy (non-hydrogen) atoms. The van der Waals surface area contributed by atoms with Crippen molar-refractivity contribution in [3.05, 3.63) is 0 Å². The number of nitrogens with one attached hydrogen (secondary N) is 1. The summed E-state index contributed by atoms with van der Waals surface area (Å²) in [5, 5.41) is 3.38. The second-order valence-corrected chi connectivity index (χ2v) is 4.50. The minimum atomic E-state index is -0.228. The summed E-state index contributed by atoms with van der Waals surface area (Å²) in [4.78, 5) is 0. The van der Waals surface area contributed by atoms with E-state index in [4.69, 9.17) is 0 Å². The molecule has 0 aromatic carbocycles. The third-order valence-electron chi connectivity index (χ3n) is 3.47. The highest BCUT2D eigenvalue weighted by molar-refractivity contribution is 4.94. The van der Waals surface area contributed by atoms with E-state index in [9.17, 15) is 4.39 Å². The van der Waals surface area contributed by atoms with Crippen LogP contribution in [0.5, 0.6) is 0 Å². The summed E-state index contributed by atoms with van der Waals surface area (Å²) < 4.78 is 12.2. The Morgan fingerprint density at radius 1 is 1.42 bits per heavy atom. The van der Waals surface area contributed by atoms with E-state index in [2.05, 4.69) is 5.32 Å². The van der Waals surface area contributed by atoms with Crippen LogP contribution in [0.15, 0.2) is 0 Å². The van der Waals surface area contributed by atoms with Crippen LogP contribution in [0.4, 0.5) is 4.39 Å². The van der Waals surface area contributed by atoms with E-state index in [1.807, 2.05) is 6.92 Å². The van der Waals surface area contributed by atoms with Gasteiger partial charge in [-0.1, -0.05) is 6.42 Å². The van der Waals surface area contributed by atoms with Gasteiger partial charge in [0, 0.05) is 12.1 Å². The molecule has 2 aliphatic rings. The molecule has 0 aromatic heterocycles. The van der Waals surface area contributed by atoms with Crippen molar-refractivity contribution in [1.29, 1.82) is 0 Å². The fraction of sp³-hybridized carbons (Fsp3) is 1.00. The second-order valence-electron chi connectivity index (χ2n) is 4.50. The number of hydrogen-bond acceptors (Lipinski definition) is 1. The van der Waals surface area contributed by atoms with Crippen molar-refractivity contribution < 1.29 is 4.39 Å². The number of alkyl halides is 1. The molecule has 0 spiro atoms. The van der Waals surface area contributed by atoms with Crippen LogP contribution in [0.3, 0.4) is 0 Å². The molecule has 2 aliphatic carbocycles. The lowest BCUT2D eigenvalue weighted by Gasteiger charge is -2.25. The van der Waals surface area contributed by atoms with Gasteiger partial charge in [-0.3, -0.25) is 0 Å². The van der Waals surface area contributed by atoms with Crippen molar-refractivity contribution >= 4 is 0 Å². The topological polar surface area (TPSA) is 12.0 Å². The standard InChI is InChI=1S/C10H18FN/c1-7(6-11)12-10-5-8-2-3-9(10)4-8/h7-10,12H,2-6H2,1H3. The maximum atomic E-state index is 12.2. The van der Waals surface area contributed by atoms with Crippen LogP contribution in [0.1, 0.15) is 32.6 Å². The first kappa shape index (κ1) is 8.49. The second kappa shape index (κ2) is 3.33. The summed E-state index contributed by atoms with van der Waals surface area (Å²) in [6.07, 6.45) is 5.50. The van der Waals surface area contributed by atoms with Gasteiger partial charge < -0.3 is 5.32 Å². The fourth-order valence-electron chi connectivity index (χ4n) is 2.86. The molecule has 1 nitrogen and oxygen atoms in total. The maximum Gasteiger partial charge on any atom is 0.104 e. The van der Waals surface area contributed by atoms with E-state index in [0.29, 0.717) is 6.04 Å².